The lowest BCUT2D eigenvalue weighted by atomic mass is 10.0. The number of amides is 2. The number of benzene rings is 3. The molecule has 0 radical (unpaired) electrons. The summed E-state index contributed by atoms with van der Waals surface area (Å²) in [5, 5.41) is 7.82. The lowest BCUT2D eigenvalue weighted by Crippen LogP contribution is -2.46. The van der Waals surface area contributed by atoms with E-state index in [0.29, 0.717) is 41.1 Å². The van der Waals surface area contributed by atoms with Crippen LogP contribution in [-0.4, -0.2) is 91.2 Å². The first kappa shape index (κ1) is 32.5. The molecule has 11 nitrogen and oxygen atoms in total. The van der Waals surface area contributed by atoms with Crippen molar-refractivity contribution in [3.63, 3.8) is 0 Å². The fourth-order valence-electron chi connectivity index (χ4n) is 6.62. The highest BCUT2D eigenvalue weighted by Crippen LogP contribution is 2.41. The molecule has 2 unspecified atom stereocenters. The maximum absolute atomic E-state index is 12.7. The van der Waals surface area contributed by atoms with Crippen LogP contribution >= 0.6 is 23.2 Å². The third-order valence-corrected chi connectivity index (χ3v) is 9.65. The van der Waals surface area contributed by atoms with E-state index in [-0.39, 0.29) is 12.1 Å². The van der Waals surface area contributed by atoms with E-state index >= 15 is 0 Å². The molecular weight excluding hydrogens is 653 g/mol. The Bertz CT molecular complexity index is 1680. The van der Waals surface area contributed by atoms with E-state index in [1.54, 1.807) is 12.1 Å². The fourth-order valence-corrected chi connectivity index (χ4v) is 7.17. The number of carbonyl (C=O) groups excluding carboxylic acids is 1. The van der Waals surface area contributed by atoms with Gasteiger partial charge in [-0.3, -0.25) is 10.00 Å². The molecule has 3 aliphatic heterocycles. The molecule has 0 bridgehead atoms. The van der Waals surface area contributed by atoms with Crippen LogP contribution in [0.15, 0.2) is 73.1 Å². The number of anilines is 3. The highest BCUT2D eigenvalue weighted by Gasteiger charge is 2.45. The number of nitrogens with zero attached hydrogens (tertiary/aromatic N) is 6. The maximum Gasteiger partial charge on any atom is 0.324 e. The molecule has 3 aliphatic rings. The minimum atomic E-state index is -1.15. The molecule has 1 aromatic heterocycles. The van der Waals surface area contributed by atoms with Gasteiger partial charge in [-0.2, -0.15) is 5.10 Å². The van der Waals surface area contributed by atoms with Crippen LogP contribution in [0, 0.1) is 0 Å². The quantitative estimate of drug-likeness (QED) is 0.205. The van der Waals surface area contributed by atoms with E-state index < -0.39 is 5.79 Å². The summed E-state index contributed by atoms with van der Waals surface area (Å²) in [6.45, 7) is 8.73. The van der Waals surface area contributed by atoms with Gasteiger partial charge < -0.3 is 28.9 Å². The van der Waals surface area contributed by atoms with E-state index in [9.17, 15) is 4.79 Å². The number of carbonyl (C=O) groups is 1. The van der Waals surface area contributed by atoms with Crippen molar-refractivity contribution in [2.75, 3.05) is 73.7 Å². The summed E-state index contributed by atoms with van der Waals surface area (Å²) in [7, 11) is 0. The summed E-state index contributed by atoms with van der Waals surface area (Å²) in [6, 6.07) is 22.0. The molecule has 13 heteroatoms. The first-order valence-electron chi connectivity index (χ1n) is 16.4. The van der Waals surface area contributed by atoms with Gasteiger partial charge in [-0.05, 0) is 67.1 Å². The molecule has 4 aromatic rings. The van der Waals surface area contributed by atoms with Gasteiger partial charge in [0.2, 0.25) is 5.79 Å². The Balaban J connectivity index is 0.911. The summed E-state index contributed by atoms with van der Waals surface area (Å²) in [6.07, 6.45) is 2.40. The van der Waals surface area contributed by atoms with E-state index in [1.165, 1.54) is 12.0 Å². The smallest absolute Gasteiger partial charge is 0.324 e. The molecule has 7 rings (SSSR count). The van der Waals surface area contributed by atoms with Gasteiger partial charge in [-0.1, -0.05) is 36.2 Å². The monoisotopic (exact) mass is 691 g/mol. The number of H-pyrrole nitrogens is 1. The Morgan fingerprint density at radius 2 is 1.60 bits per heavy atom. The van der Waals surface area contributed by atoms with Gasteiger partial charge in [0.25, 0.3) is 0 Å². The molecule has 0 spiro atoms. The number of urea groups is 1. The second-order valence-corrected chi connectivity index (χ2v) is 13.1. The molecule has 48 heavy (non-hydrogen) atoms. The third kappa shape index (κ3) is 6.91. The average molecular weight is 693 g/mol. The van der Waals surface area contributed by atoms with Gasteiger partial charge in [-0.25, -0.2) is 9.78 Å². The Hall–Kier alpha value is -4.03. The number of hydrogen-bond acceptors (Lipinski definition) is 8. The number of aromatic amines is 1. The predicted octanol–water partition coefficient (Wildman–Crippen LogP) is 5.98. The van der Waals surface area contributed by atoms with Gasteiger partial charge in [0.1, 0.15) is 30.6 Å². The van der Waals surface area contributed by atoms with Crippen molar-refractivity contribution in [2.24, 2.45) is 0 Å². The lowest BCUT2D eigenvalue weighted by Gasteiger charge is -2.37. The Labute approximate surface area is 290 Å². The SMILES string of the molecule is CCCN1CCN(c2ccc(N3CCN(c4ccc(OCC5COC(Cc6ncn[nH]6)(c6ccc(Cl)cc6Cl)O5)cc4)CC3)cc2)C1=O. The number of hydrogen-bond donors (Lipinski definition) is 1. The van der Waals surface area contributed by atoms with Crippen molar-refractivity contribution >= 4 is 46.3 Å². The van der Waals surface area contributed by atoms with Crippen LogP contribution in [0.1, 0.15) is 24.7 Å². The molecule has 2 atom stereocenters. The maximum atomic E-state index is 12.7. The molecule has 3 saturated heterocycles. The summed E-state index contributed by atoms with van der Waals surface area (Å²) in [5.74, 6) is 0.227. The standard InChI is InChI=1S/C35H39Cl2N7O4/c1-2-13-43-18-19-44(34(43)45)28-6-4-26(5-7-28)41-14-16-42(17-15-41)27-8-10-29(11-9-27)46-22-30-23-47-35(48-30,21-33-38-24-39-40-33)31-12-3-25(36)20-32(31)37/h3-12,20,24,30H,2,13-19,21-23H2,1H3,(H,38,39,40). The highest BCUT2D eigenvalue weighted by molar-refractivity contribution is 6.35. The summed E-state index contributed by atoms with van der Waals surface area (Å²) < 4.78 is 18.9. The van der Waals surface area contributed by atoms with E-state index in [0.717, 1.165) is 69.4 Å². The van der Waals surface area contributed by atoms with Gasteiger partial charge >= 0.3 is 6.03 Å². The van der Waals surface area contributed by atoms with Gasteiger partial charge in [0.15, 0.2) is 0 Å². The summed E-state index contributed by atoms with van der Waals surface area (Å²) in [4.78, 5) is 25.6. The normalized spacial score (nSPS) is 21.4. The van der Waals surface area contributed by atoms with Crippen molar-refractivity contribution in [3.05, 3.63) is 94.5 Å². The fraction of sp³-hybridized carbons (Fsp3) is 0.400. The molecular formula is C35H39Cl2N7O4. The van der Waals surface area contributed by atoms with Gasteiger partial charge in [0.05, 0.1) is 18.1 Å². The topological polar surface area (TPSA) is 99.3 Å². The summed E-state index contributed by atoms with van der Waals surface area (Å²) >= 11 is 12.7. The number of aromatic nitrogens is 3. The third-order valence-electron chi connectivity index (χ3n) is 9.10. The van der Waals surface area contributed by atoms with Crippen molar-refractivity contribution in [1.82, 2.24) is 20.1 Å². The van der Waals surface area contributed by atoms with Crippen LogP contribution in [0.4, 0.5) is 21.9 Å². The molecule has 3 aromatic carbocycles. The first-order valence-corrected chi connectivity index (χ1v) is 17.2. The van der Waals surface area contributed by atoms with Crippen molar-refractivity contribution in [3.8, 4) is 5.75 Å². The predicted molar refractivity (Wildman–Crippen MR) is 186 cm³/mol. The van der Waals surface area contributed by atoms with Crippen LogP contribution in [0.25, 0.3) is 0 Å². The largest absolute Gasteiger partial charge is 0.491 e. The van der Waals surface area contributed by atoms with Gasteiger partial charge in [-0.15, -0.1) is 0 Å². The van der Waals surface area contributed by atoms with E-state index in [4.69, 9.17) is 37.4 Å². The minimum Gasteiger partial charge on any atom is -0.491 e. The van der Waals surface area contributed by atoms with Gasteiger partial charge in [0, 0.05) is 73.5 Å². The zero-order valence-electron chi connectivity index (χ0n) is 26.9. The van der Waals surface area contributed by atoms with Crippen LogP contribution in [0.2, 0.25) is 10.0 Å². The number of ether oxygens (including phenoxy) is 3. The molecule has 4 heterocycles. The molecule has 1 N–H and O–H groups in total. The zero-order chi connectivity index (χ0) is 33.1. The second kappa shape index (κ2) is 14.2. The number of nitrogens with one attached hydrogen (secondary N) is 1. The zero-order valence-corrected chi connectivity index (χ0v) is 28.4. The highest BCUT2D eigenvalue weighted by atomic mass is 35.5. The minimum absolute atomic E-state index is 0.108. The number of rotatable bonds is 11. The van der Waals surface area contributed by atoms with Crippen molar-refractivity contribution < 1.29 is 19.0 Å². The van der Waals surface area contributed by atoms with Crippen LogP contribution in [0.5, 0.6) is 5.75 Å². The van der Waals surface area contributed by atoms with Crippen LogP contribution in [-0.2, 0) is 21.7 Å². The number of piperazine rings is 1. The van der Waals surface area contributed by atoms with Crippen molar-refractivity contribution in [1.29, 1.82) is 0 Å². The van der Waals surface area contributed by atoms with E-state index in [1.807, 2.05) is 28.0 Å². The molecule has 0 saturated carbocycles. The first-order chi connectivity index (χ1) is 23.4. The molecule has 252 valence electrons. The van der Waals surface area contributed by atoms with E-state index in [2.05, 4.69) is 68.3 Å². The Morgan fingerprint density at radius 1 is 0.917 bits per heavy atom. The number of halogens is 2. The van der Waals surface area contributed by atoms with Crippen molar-refractivity contribution in [2.45, 2.75) is 31.7 Å². The second-order valence-electron chi connectivity index (χ2n) is 12.3. The summed E-state index contributed by atoms with van der Waals surface area (Å²) in [5.41, 5.74) is 3.98. The Morgan fingerprint density at radius 3 is 2.25 bits per heavy atom. The average Bonchev–Trinajstić information content (AvgIpc) is 3.86. The molecule has 2 amide bonds. The Kier molecular flexibility index (Phi) is 9.63. The van der Waals surface area contributed by atoms with Crippen LogP contribution < -0.4 is 19.4 Å². The van der Waals surface area contributed by atoms with Crippen LogP contribution in [0.3, 0.4) is 0 Å². The molecule has 0 aliphatic carbocycles. The lowest BCUT2D eigenvalue weighted by molar-refractivity contribution is -0.179. The molecule has 3 fully saturated rings.